The largest absolute Gasteiger partial charge is 0.475 e. The lowest BCUT2D eigenvalue weighted by atomic mass is 9.76. The van der Waals surface area contributed by atoms with Gasteiger partial charge in [-0.15, -0.1) is 0 Å². The van der Waals surface area contributed by atoms with Crippen LogP contribution < -0.4 is 0 Å². The van der Waals surface area contributed by atoms with Gasteiger partial charge in [0, 0.05) is 5.92 Å². The number of hydrogen-bond acceptors (Lipinski definition) is 7. The number of aliphatic hydroxyl groups excluding tert-OH is 2. The molecule has 0 radical (unpaired) electrons. The third kappa shape index (κ3) is 1.67. The number of carbonyl (C=O) groups is 1. The first-order valence-corrected chi connectivity index (χ1v) is 7.49. The summed E-state index contributed by atoms with van der Waals surface area (Å²) in [6, 6.07) is 0. The van der Waals surface area contributed by atoms with Crippen LogP contribution in [0.5, 0.6) is 0 Å². The first-order chi connectivity index (χ1) is 10.9. The molecule has 23 heavy (non-hydrogen) atoms. The molecule has 7 atom stereocenters. The number of methoxy groups -OCH3 is 1. The highest BCUT2D eigenvalue weighted by Gasteiger charge is 2.69. The van der Waals surface area contributed by atoms with Crippen LogP contribution in [-0.4, -0.2) is 47.6 Å². The maximum absolute atomic E-state index is 12.0. The van der Waals surface area contributed by atoms with Crippen LogP contribution in [0.3, 0.4) is 0 Å². The summed E-state index contributed by atoms with van der Waals surface area (Å²) in [6.45, 7) is 5.44. The molecule has 0 amide bonds. The van der Waals surface area contributed by atoms with Gasteiger partial charge in [0.25, 0.3) is 0 Å². The highest BCUT2D eigenvalue weighted by atomic mass is 16.7. The summed E-state index contributed by atoms with van der Waals surface area (Å²) in [7, 11) is 1.27. The van der Waals surface area contributed by atoms with Crippen LogP contribution in [0.2, 0.25) is 0 Å². The van der Waals surface area contributed by atoms with E-state index >= 15 is 0 Å². The molecule has 2 N–H and O–H groups in total. The fourth-order valence-electron chi connectivity index (χ4n) is 4.17. The molecule has 7 nitrogen and oxygen atoms in total. The Kier molecular flexibility index (Phi) is 2.94. The van der Waals surface area contributed by atoms with Gasteiger partial charge in [-0.1, -0.05) is 12.7 Å². The van der Waals surface area contributed by atoms with Crippen LogP contribution in [0, 0.1) is 17.8 Å². The summed E-state index contributed by atoms with van der Waals surface area (Å²) in [5.41, 5.74) is -0.456. The molecular weight excluding hydrogens is 304 g/mol. The fraction of sp³-hybridized carbons (Fsp3) is 0.562. The molecule has 0 aromatic heterocycles. The summed E-state index contributed by atoms with van der Waals surface area (Å²) in [4.78, 5) is 12.0. The summed E-state index contributed by atoms with van der Waals surface area (Å²) in [5.74, 6) is -1.31. The summed E-state index contributed by atoms with van der Waals surface area (Å²) in [5, 5.41) is 20.2. The summed E-state index contributed by atoms with van der Waals surface area (Å²) >= 11 is 0. The maximum atomic E-state index is 12.0. The molecule has 7 unspecified atom stereocenters. The van der Waals surface area contributed by atoms with Crippen molar-refractivity contribution in [1.82, 2.24) is 0 Å². The summed E-state index contributed by atoms with van der Waals surface area (Å²) in [6.07, 6.45) is 0.723. The maximum Gasteiger partial charge on any atom is 0.314 e. The number of carbonyl (C=O) groups excluding carboxylic acids is 1. The van der Waals surface area contributed by atoms with Crippen molar-refractivity contribution >= 4 is 5.97 Å². The summed E-state index contributed by atoms with van der Waals surface area (Å²) < 4.78 is 22.1. The van der Waals surface area contributed by atoms with Gasteiger partial charge in [-0.25, -0.2) is 0 Å². The Hall–Kier alpha value is -1.83. The van der Waals surface area contributed by atoms with E-state index in [1.165, 1.54) is 7.11 Å². The highest BCUT2D eigenvalue weighted by Crippen LogP contribution is 2.61. The van der Waals surface area contributed by atoms with E-state index in [4.69, 9.17) is 18.9 Å². The number of ether oxygens (including phenoxy) is 4. The van der Waals surface area contributed by atoms with Gasteiger partial charge in [-0.05, 0) is 13.0 Å². The van der Waals surface area contributed by atoms with Crippen LogP contribution in [-0.2, 0) is 23.7 Å². The van der Waals surface area contributed by atoms with E-state index in [0.717, 1.165) is 0 Å². The molecule has 2 fully saturated rings. The van der Waals surface area contributed by atoms with Crippen molar-refractivity contribution in [3.63, 3.8) is 0 Å². The second kappa shape index (κ2) is 4.59. The van der Waals surface area contributed by atoms with E-state index in [2.05, 4.69) is 6.58 Å². The molecule has 4 rings (SSSR count). The van der Waals surface area contributed by atoms with E-state index in [-0.39, 0.29) is 11.8 Å². The van der Waals surface area contributed by atoms with E-state index in [9.17, 15) is 15.0 Å². The van der Waals surface area contributed by atoms with Crippen molar-refractivity contribution in [3.05, 3.63) is 35.8 Å². The zero-order chi connectivity index (χ0) is 16.5. The SMILES string of the molecule is C=C1OC23C=CC4C(C(=O)OC)C(O)OC(OC2=C1C(C)O)C43. The van der Waals surface area contributed by atoms with Crippen LogP contribution in [0.1, 0.15) is 6.92 Å². The molecule has 0 saturated carbocycles. The smallest absolute Gasteiger partial charge is 0.314 e. The van der Waals surface area contributed by atoms with E-state index < -0.39 is 36.2 Å². The van der Waals surface area contributed by atoms with Gasteiger partial charge in [-0.2, -0.15) is 0 Å². The minimum Gasteiger partial charge on any atom is -0.475 e. The fourth-order valence-corrected chi connectivity index (χ4v) is 4.17. The number of aliphatic hydroxyl groups is 2. The van der Waals surface area contributed by atoms with Crippen LogP contribution in [0.4, 0.5) is 0 Å². The molecule has 2 saturated heterocycles. The van der Waals surface area contributed by atoms with Gasteiger partial charge in [0.15, 0.2) is 17.7 Å². The molecule has 7 heteroatoms. The van der Waals surface area contributed by atoms with Gasteiger partial charge < -0.3 is 29.2 Å². The first kappa shape index (κ1) is 14.7. The highest BCUT2D eigenvalue weighted by molar-refractivity contribution is 5.74. The third-order valence-corrected chi connectivity index (χ3v) is 5.08. The molecule has 124 valence electrons. The quantitative estimate of drug-likeness (QED) is 0.554. The second-order valence-corrected chi connectivity index (χ2v) is 6.26. The minimum absolute atomic E-state index is 0.347. The van der Waals surface area contributed by atoms with Gasteiger partial charge in [-0.3, -0.25) is 4.79 Å². The Bertz CT molecular complexity index is 649. The predicted octanol–water partition coefficient (Wildman–Crippen LogP) is 0.200. The van der Waals surface area contributed by atoms with Crippen molar-refractivity contribution in [3.8, 4) is 0 Å². The van der Waals surface area contributed by atoms with Crippen LogP contribution >= 0.6 is 0 Å². The lowest BCUT2D eigenvalue weighted by Crippen LogP contribution is -2.52. The standard InChI is InChI=1S/C16H18O7/c1-6(17)9-7(2)23-16-5-4-8-10(13(18)20-3)14(19)22-15(11(8)16)21-12(9)16/h4-6,8,10-11,14-15,17,19H,2H2,1,3H3. The number of allylic oxidation sites excluding steroid dienone is 1. The monoisotopic (exact) mass is 322 g/mol. The van der Waals surface area contributed by atoms with Gasteiger partial charge in [0.05, 0.1) is 24.7 Å². The Morgan fingerprint density at radius 2 is 2.26 bits per heavy atom. The molecule has 0 aromatic carbocycles. The molecule has 0 bridgehead atoms. The van der Waals surface area contributed by atoms with Crippen molar-refractivity contribution in [2.75, 3.05) is 7.11 Å². The third-order valence-electron chi connectivity index (χ3n) is 5.08. The Labute approximate surface area is 132 Å². The number of hydrogen-bond donors (Lipinski definition) is 2. The molecule has 4 aliphatic rings. The average Bonchev–Trinajstić information content (AvgIpc) is 3.06. The van der Waals surface area contributed by atoms with Crippen molar-refractivity contribution in [1.29, 1.82) is 0 Å². The normalized spacial score (nSPS) is 44.5. The molecule has 0 aromatic rings. The van der Waals surface area contributed by atoms with Crippen LogP contribution in [0.25, 0.3) is 0 Å². The van der Waals surface area contributed by atoms with Crippen molar-refractivity contribution < 1.29 is 34.0 Å². The number of rotatable bonds is 2. The topological polar surface area (TPSA) is 94.5 Å². The zero-order valence-corrected chi connectivity index (χ0v) is 12.8. The Balaban J connectivity index is 1.80. The molecular formula is C16H18O7. The number of esters is 1. The average molecular weight is 322 g/mol. The molecule has 3 heterocycles. The van der Waals surface area contributed by atoms with Crippen molar-refractivity contribution in [2.24, 2.45) is 17.8 Å². The van der Waals surface area contributed by atoms with E-state index in [1.54, 1.807) is 13.0 Å². The zero-order valence-electron chi connectivity index (χ0n) is 12.8. The molecule has 3 aliphatic heterocycles. The predicted molar refractivity (Wildman–Crippen MR) is 75.3 cm³/mol. The van der Waals surface area contributed by atoms with Gasteiger partial charge in [0.2, 0.25) is 6.29 Å². The minimum atomic E-state index is -1.33. The van der Waals surface area contributed by atoms with Crippen LogP contribution in [0.15, 0.2) is 35.8 Å². The Morgan fingerprint density at radius 3 is 2.91 bits per heavy atom. The Morgan fingerprint density at radius 1 is 1.52 bits per heavy atom. The van der Waals surface area contributed by atoms with E-state index in [1.807, 2.05) is 6.08 Å². The first-order valence-electron chi connectivity index (χ1n) is 7.49. The second-order valence-electron chi connectivity index (χ2n) is 6.26. The van der Waals surface area contributed by atoms with Gasteiger partial charge in [0.1, 0.15) is 11.7 Å². The van der Waals surface area contributed by atoms with Crippen molar-refractivity contribution in [2.45, 2.75) is 31.2 Å². The van der Waals surface area contributed by atoms with Gasteiger partial charge >= 0.3 is 5.97 Å². The molecule has 1 spiro atoms. The molecule has 1 aliphatic carbocycles. The lowest BCUT2D eigenvalue weighted by Gasteiger charge is -2.39. The van der Waals surface area contributed by atoms with E-state index in [0.29, 0.717) is 17.1 Å². The lowest BCUT2D eigenvalue weighted by molar-refractivity contribution is -0.278.